The largest absolute Gasteiger partial charge is 0.381 e. The first-order valence-electron chi connectivity index (χ1n) is 6.58. The monoisotopic (exact) mass is 227 g/mol. The second-order valence-electron chi connectivity index (χ2n) is 5.94. The Balaban J connectivity index is 1.61. The Hall–Kier alpha value is -0.120. The molecule has 1 saturated carbocycles. The van der Waals surface area contributed by atoms with Crippen LogP contribution in [0.3, 0.4) is 0 Å². The van der Waals surface area contributed by atoms with E-state index in [9.17, 15) is 0 Å². The highest BCUT2D eigenvalue weighted by molar-refractivity contribution is 4.84. The molecule has 0 spiro atoms. The van der Waals surface area contributed by atoms with Gasteiger partial charge in [-0.25, -0.2) is 0 Å². The molecular weight excluding hydrogens is 202 g/mol. The summed E-state index contributed by atoms with van der Waals surface area (Å²) in [5.74, 6) is 0. The van der Waals surface area contributed by atoms with Crippen LogP contribution >= 0.6 is 0 Å². The molecule has 0 radical (unpaired) electrons. The van der Waals surface area contributed by atoms with Crippen LogP contribution < -0.4 is 5.32 Å². The molecule has 2 fully saturated rings. The van der Waals surface area contributed by atoms with E-state index >= 15 is 0 Å². The zero-order valence-electron chi connectivity index (χ0n) is 10.6. The Morgan fingerprint density at radius 1 is 1.19 bits per heavy atom. The maximum Gasteiger partial charge on any atom is 0.0619 e. The molecule has 0 aromatic heterocycles. The lowest BCUT2D eigenvalue weighted by molar-refractivity contribution is -0.0554. The third-order valence-electron chi connectivity index (χ3n) is 3.32. The van der Waals surface area contributed by atoms with Crippen LogP contribution in [0.25, 0.3) is 0 Å². The Bertz CT molecular complexity index is 208. The summed E-state index contributed by atoms with van der Waals surface area (Å²) in [6.45, 7) is 8.22. The molecule has 0 bridgehead atoms. The molecule has 2 rings (SSSR count). The highest BCUT2D eigenvalue weighted by atomic mass is 16.5. The maximum atomic E-state index is 5.98. The summed E-state index contributed by atoms with van der Waals surface area (Å²) in [5, 5.41) is 3.58. The van der Waals surface area contributed by atoms with Crippen molar-refractivity contribution >= 4 is 0 Å². The highest BCUT2D eigenvalue weighted by Crippen LogP contribution is 2.23. The first-order chi connectivity index (χ1) is 7.66. The molecule has 0 aromatic rings. The van der Waals surface area contributed by atoms with Crippen LogP contribution in [0.1, 0.15) is 39.5 Å². The van der Waals surface area contributed by atoms with Gasteiger partial charge in [0.15, 0.2) is 0 Å². The summed E-state index contributed by atoms with van der Waals surface area (Å²) >= 11 is 0. The van der Waals surface area contributed by atoms with Gasteiger partial charge in [0.25, 0.3) is 0 Å². The van der Waals surface area contributed by atoms with Gasteiger partial charge in [0.05, 0.1) is 12.7 Å². The molecule has 1 aliphatic heterocycles. The lowest BCUT2D eigenvalue weighted by atomic mass is 9.94. The molecule has 0 unspecified atom stereocenters. The smallest absolute Gasteiger partial charge is 0.0619 e. The van der Waals surface area contributed by atoms with E-state index in [2.05, 4.69) is 19.2 Å². The summed E-state index contributed by atoms with van der Waals surface area (Å²) in [6, 6.07) is 0.794. The first kappa shape index (κ1) is 12.3. The second-order valence-corrected chi connectivity index (χ2v) is 5.94. The van der Waals surface area contributed by atoms with E-state index in [0.717, 1.165) is 45.2 Å². The lowest BCUT2D eigenvalue weighted by Gasteiger charge is -2.29. The Labute approximate surface area is 98.9 Å². The van der Waals surface area contributed by atoms with E-state index in [0.29, 0.717) is 6.10 Å². The predicted molar refractivity (Wildman–Crippen MR) is 64.6 cm³/mol. The zero-order valence-corrected chi connectivity index (χ0v) is 10.6. The summed E-state index contributed by atoms with van der Waals surface area (Å²) in [7, 11) is 0. The van der Waals surface area contributed by atoms with Crippen molar-refractivity contribution in [2.24, 2.45) is 5.41 Å². The Morgan fingerprint density at radius 2 is 1.88 bits per heavy atom. The van der Waals surface area contributed by atoms with Crippen molar-refractivity contribution in [3.05, 3.63) is 0 Å². The molecule has 0 aromatic carbocycles. The van der Waals surface area contributed by atoms with Crippen molar-refractivity contribution < 1.29 is 9.47 Å². The number of rotatable bonds is 6. The average molecular weight is 227 g/mol. The van der Waals surface area contributed by atoms with Gasteiger partial charge in [-0.2, -0.15) is 0 Å². The van der Waals surface area contributed by atoms with Gasteiger partial charge in [-0.05, 0) is 25.7 Å². The Morgan fingerprint density at radius 3 is 2.50 bits per heavy atom. The van der Waals surface area contributed by atoms with Gasteiger partial charge in [-0.1, -0.05) is 13.8 Å². The predicted octanol–water partition coefficient (Wildman–Crippen LogP) is 1.96. The van der Waals surface area contributed by atoms with Gasteiger partial charge in [-0.3, -0.25) is 0 Å². The van der Waals surface area contributed by atoms with Crippen molar-refractivity contribution in [1.82, 2.24) is 5.32 Å². The molecule has 1 N–H and O–H groups in total. The summed E-state index contributed by atoms with van der Waals surface area (Å²) < 4.78 is 11.3. The zero-order chi connectivity index (χ0) is 11.4. The second kappa shape index (κ2) is 5.48. The van der Waals surface area contributed by atoms with Gasteiger partial charge in [-0.15, -0.1) is 0 Å². The van der Waals surface area contributed by atoms with Crippen molar-refractivity contribution in [2.45, 2.75) is 51.7 Å². The minimum atomic E-state index is 0.251. The van der Waals surface area contributed by atoms with Crippen molar-refractivity contribution in [3.8, 4) is 0 Å². The third-order valence-corrected chi connectivity index (χ3v) is 3.32. The third kappa shape index (κ3) is 4.40. The van der Waals surface area contributed by atoms with Crippen molar-refractivity contribution in [2.75, 3.05) is 26.4 Å². The minimum Gasteiger partial charge on any atom is -0.381 e. The van der Waals surface area contributed by atoms with E-state index in [-0.39, 0.29) is 5.41 Å². The van der Waals surface area contributed by atoms with Crippen LogP contribution in [0.4, 0.5) is 0 Å². The molecule has 0 atom stereocenters. The van der Waals surface area contributed by atoms with E-state index in [1.54, 1.807) is 0 Å². The van der Waals surface area contributed by atoms with Crippen LogP contribution in [0.2, 0.25) is 0 Å². The van der Waals surface area contributed by atoms with Crippen LogP contribution in [0.15, 0.2) is 0 Å². The molecular formula is C13H25NO2. The van der Waals surface area contributed by atoms with Gasteiger partial charge < -0.3 is 14.8 Å². The molecule has 3 nitrogen and oxygen atoms in total. The lowest BCUT2D eigenvalue weighted by Crippen LogP contribution is -2.36. The SMILES string of the molecule is CC(C)(CNC1CC1)COC1CCOCC1. The minimum absolute atomic E-state index is 0.251. The molecule has 1 saturated heterocycles. The van der Waals surface area contributed by atoms with E-state index in [4.69, 9.17) is 9.47 Å². The molecule has 2 aliphatic rings. The number of hydrogen-bond donors (Lipinski definition) is 1. The van der Waals surface area contributed by atoms with Crippen LogP contribution in [0, 0.1) is 5.41 Å². The fourth-order valence-corrected chi connectivity index (χ4v) is 1.95. The topological polar surface area (TPSA) is 30.5 Å². The van der Waals surface area contributed by atoms with Crippen LogP contribution in [0.5, 0.6) is 0 Å². The van der Waals surface area contributed by atoms with Crippen molar-refractivity contribution in [1.29, 1.82) is 0 Å². The van der Waals surface area contributed by atoms with E-state index < -0.39 is 0 Å². The quantitative estimate of drug-likeness (QED) is 0.752. The summed E-state index contributed by atoms with van der Waals surface area (Å²) in [4.78, 5) is 0. The molecule has 94 valence electrons. The molecule has 1 heterocycles. The number of hydrogen-bond acceptors (Lipinski definition) is 3. The van der Waals surface area contributed by atoms with Gasteiger partial charge in [0.1, 0.15) is 0 Å². The number of ether oxygens (including phenoxy) is 2. The Kier molecular flexibility index (Phi) is 4.22. The van der Waals surface area contributed by atoms with Gasteiger partial charge in [0, 0.05) is 31.2 Å². The van der Waals surface area contributed by atoms with Crippen LogP contribution in [-0.4, -0.2) is 38.5 Å². The molecule has 16 heavy (non-hydrogen) atoms. The van der Waals surface area contributed by atoms with Crippen molar-refractivity contribution in [3.63, 3.8) is 0 Å². The first-order valence-corrected chi connectivity index (χ1v) is 6.58. The van der Waals surface area contributed by atoms with Crippen LogP contribution in [-0.2, 0) is 9.47 Å². The summed E-state index contributed by atoms with van der Waals surface area (Å²) in [5.41, 5.74) is 0.251. The normalized spacial score (nSPS) is 23.6. The van der Waals surface area contributed by atoms with Gasteiger partial charge >= 0.3 is 0 Å². The van der Waals surface area contributed by atoms with E-state index in [1.165, 1.54) is 12.8 Å². The average Bonchev–Trinajstić information content (AvgIpc) is 3.09. The van der Waals surface area contributed by atoms with E-state index in [1.807, 2.05) is 0 Å². The number of nitrogens with one attached hydrogen (secondary N) is 1. The van der Waals surface area contributed by atoms with Gasteiger partial charge in [0.2, 0.25) is 0 Å². The maximum absolute atomic E-state index is 5.98. The highest BCUT2D eigenvalue weighted by Gasteiger charge is 2.26. The molecule has 0 amide bonds. The molecule has 1 aliphatic carbocycles. The fraction of sp³-hybridized carbons (Fsp3) is 1.00. The fourth-order valence-electron chi connectivity index (χ4n) is 1.95. The molecule has 3 heteroatoms. The standard InChI is InChI=1S/C13H25NO2/c1-13(2,9-14-11-3-4-11)10-16-12-5-7-15-8-6-12/h11-12,14H,3-10H2,1-2H3. The summed E-state index contributed by atoms with van der Waals surface area (Å²) in [6.07, 6.45) is 5.26.